The fraction of sp³-hybridized carbons (Fsp3) is 1.00. The van der Waals surface area contributed by atoms with Crippen molar-refractivity contribution in [2.24, 2.45) is 0 Å². The predicted octanol–water partition coefficient (Wildman–Crippen LogP) is 5.91. The van der Waals surface area contributed by atoms with Gasteiger partial charge in [-0.2, -0.15) is 0 Å². The van der Waals surface area contributed by atoms with Crippen molar-refractivity contribution in [1.82, 2.24) is 29.4 Å². The molecular weight excluding hydrogens is 965 g/mol. The second kappa shape index (κ2) is 39.1. The molecule has 14 nitrogen and oxygen atoms in total. The van der Waals surface area contributed by atoms with Gasteiger partial charge in [0, 0.05) is 104 Å². The lowest BCUT2D eigenvalue weighted by atomic mass is 10.2. The largest absolute Gasteiger partial charge is 0.331 e. The van der Waals surface area contributed by atoms with Crippen LogP contribution in [0.25, 0.3) is 0 Å². The summed E-state index contributed by atoms with van der Waals surface area (Å²) in [5.41, 5.74) is 0. The molecule has 0 N–H and O–H groups in total. The second-order valence-corrected chi connectivity index (χ2v) is 33.1. The van der Waals surface area contributed by atoms with Crippen LogP contribution in [-0.2, 0) is 0 Å². The number of rotatable bonds is 53. The molecule has 0 bridgehead atoms. The summed E-state index contributed by atoms with van der Waals surface area (Å²) in [6, 6.07) is 0. The van der Waals surface area contributed by atoms with Crippen LogP contribution in [0.5, 0.6) is 0 Å². The van der Waals surface area contributed by atoms with E-state index in [-0.39, 0.29) is 0 Å². The van der Waals surface area contributed by atoms with E-state index < -0.39 is 0 Å². The Labute approximate surface area is 492 Å². The van der Waals surface area contributed by atoms with E-state index in [1.165, 1.54) is 260 Å². The van der Waals surface area contributed by atoms with Gasteiger partial charge in [0.1, 0.15) is 0 Å². The van der Waals surface area contributed by atoms with E-state index in [9.17, 15) is 0 Å². The molecule has 0 rings (SSSR count). The molecule has 14 heteroatoms. The third kappa shape index (κ3) is 55.9. The van der Waals surface area contributed by atoms with E-state index >= 15 is 0 Å². The van der Waals surface area contributed by atoms with Crippen molar-refractivity contribution in [1.29, 1.82) is 0 Å². The maximum atomic E-state index is 2.91. The van der Waals surface area contributed by atoms with Crippen LogP contribution < -0.4 is 0 Å². The number of nitrogens with zero attached hydrogens (tertiary/aromatic N) is 14. The molecule has 0 aliphatic carbocycles. The van der Waals surface area contributed by atoms with Crippen LogP contribution >= 0.6 is 0 Å². The summed E-state index contributed by atoms with van der Waals surface area (Å²) >= 11 is 0. The molecule has 0 saturated heterocycles. The van der Waals surface area contributed by atoms with Gasteiger partial charge < -0.3 is 65.3 Å². The van der Waals surface area contributed by atoms with Crippen LogP contribution in [-0.4, -0.2) is 405 Å². The average molecular weight is 1120 g/mol. The zero-order chi connectivity index (χ0) is 59.7. The zero-order valence-electron chi connectivity index (χ0n) is 58.5. The van der Waals surface area contributed by atoms with Crippen molar-refractivity contribution in [2.75, 3.05) is 339 Å². The topological polar surface area (TPSA) is 19.4 Å². The Balaban J connectivity index is 6.42. The van der Waals surface area contributed by atoms with Gasteiger partial charge in [0.15, 0.2) is 0 Å². The summed E-state index contributed by atoms with van der Waals surface area (Å²) in [5.74, 6) is 0. The second-order valence-electron chi connectivity index (χ2n) is 33.1. The van der Waals surface area contributed by atoms with Crippen LogP contribution in [0, 0.1) is 0 Å². The van der Waals surface area contributed by atoms with Gasteiger partial charge in [0.2, 0.25) is 0 Å². The SMILES string of the molecule is C[N+](C)(C)CCCN(CCCN(CCCCN(CCCN(CCC[N+](C)(C)C)CCC[N+](C)(C)C)CCCN(CCC[N+](C)(C)C)CCC[N+](C)(C)C)CCCN(CCC[N+](C)(C)C)CCC[N+](C)(C)C)CCC[N+](C)(C)C. The lowest BCUT2D eigenvalue weighted by Gasteiger charge is -2.31. The van der Waals surface area contributed by atoms with Crippen molar-refractivity contribution >= 4 is 0 Å². The number of hydrogen-bond donors (Lipinski definition) is 0. The van der Waals surface area contributed by atoms with Gasteiger partial charge in [0.05, 0.1) is 222 Å². The standard InChI is InChI=1S/C64H152N14/c1-71(2,3)57-31-49-67(50-32-58-72(4,5)6)45-27-41-65(42-28-46-68(51-33-59-73(7,8)9)52-34-60-74(10,11)12)39-25-26-40-66(43-29-47-69(53-35-61-75(13,14)15)54-36-62-76(16,17)18)44-30-48-70(55-37-63-77(19,20)21)56-38-64-78(22,23)24/h25-64H2,1-24H3/q+8. The van der Waals surface area contributed by atoms with Crippen LogP contribution in [0.15, 0.2) is 0 Å². The van der Waals surface area contributed by atoms with Crippen molar-refractivity contribution in [2.45, 2.75) is 89.9 Å². The van der Waals surface area contributed by atoms with Gasteiger partial charge in [0.25, 0.3) is 0 Å². The molecule has 0 amide bonds. The molecule has 0 spiro atoms. The highest BCUT2D eigenvalue weighted by atomic mass is 15.3. The Kier molecular flexibility index (Phi) is 38.8. The first kappa shape index (κ1) is 77.4. The van der Waals surface area contributed by atoms with Gasteiger partial charge >= 0.3 is 0 Å². The van der Waals surface area contributed by atoms with Gasteiger partial charge in [-0.05, 0) is 104 Å². The van der Waals surface area contributed by atoms with Crippen molar-refractivity contribution in [3.8, 4) is 0 Å². The van der Waals surface area contributed by atoms with Crippen LogP contribution in [0.3, 0.4) is 0 Å². The number of quaternary nitrogens is 8. The fourth-order valence-electron chi connectivity index (χ4n) is 10.9. The van der Waals surface area contributed by atoms with E-state index in [1.54, 1.807) is 0 Å². The van der Waals surface area contributed by atoms with E-state index in [0.717, 1.165) is 35.9 Å². The summed E-state index contributed by atoms with van der Waals surface area (Å²) in [6.45, 7) is 32.1. The minimum absolute atomic E-state index is 1.05. The summed E-state index contributed by atoms with van der Waals surface area (Å²) in [6.07, 6.45) is 17.9. The first-order valence-electron chi connectivity index (χ1n) is 32.5. The molecule has 0 radical (unpaired) electrons. The maximum absolute atomic E-state index is 2.91. The van der Waals surface area contributed by atoms with Crippen molar-refractivity contribution < 1.29 is 35.9 Å². The fourth-order valence-corrected chi connectivity index (χ4v) is 10.9. The van der Waals surface area contributed by atoms with Crippen molar-refractivity contribution in [3.05, 3.63) is 0 Å². The normalized spacial score (nSPS) is 14.1. The molecule has 78 heavy (non-hydrogen) atoms. The Morgan fingerprint density at radius 2 is 0.218 bits per heavy atom. The lowest BCUT2D eigenvalue weighted by molar-refractivity contribution is -0.870. The summed E-state index contributed by atoms with van der Waals surface area (Å²) < 4.78 is 8.44. The summed E-state index contributed by atoms with van der Waals surface area (Å²) in [5, 5.41) is 0. The third-order valence-electron chi connectivity index (χ3n) is 15.4. The maximum Gasteiger partial charge on any atom is 0.0792 e. The molecule has 0 unspecified atom stereocenters. The Morgan fingerprint density at radius 1 is 0.128 bits per heavy atom. The average Bonchev–Trinajstić information content (AvgIpc) is 3.23. The van der Waals surface area contributed by atoms with Crippen molar-refractivity contribution in [3.63, 3.8) is 0 Å². The van der Waals surface area contributed by atoms with Gasteiger partial charge in [-0.3, -0.25) is 0 Å². The Morgan fingerprint density at radius 3 is 0.321 bits per heavy atom. The van der Waals surface area contributed by atoms with Crippen LogP contribution in [0.4, 0.5) is 0 Å². The highest BCUT2D eigenvalue weighted by molar-refractivity contribution is 4.70. The lowest BCUT2D eigenvalue weighted by Crippen LogP contribution is -2.41. The molecule has 0 atom stereocenters. The third-order valence-corrected chi connectivity index (χ3v) is 15.4. The highest BCUT2D eigenvalue weighted by Gasteiger charge is 2.19. The Bertz CT molecular complexity index is 1120. The molecule has 0 aliphatic heterocycles. The quantitative estimate of drug-likeness (QED) is 0.0555. The molecule has 0 aromatic heterocycles. The Hall–Kier alpha value is -0.560. The first-order chi connectivity index (χ1) is 35.7. The molecule has 0 fully saturated rings. The van der Waals surface area contributed by atoms with E-state index in [2.05, 4.69) is 199 Å². The molecule has 0 saturated carbocycles. The highest BCUT2D eigenvalue weighted by Crippen LogP contribution is 2.11. The molecule has 0 aliphatic rings. The van der Waals surface area contributed by atoms with E-state index in [4.69, 9.17) is 0 Å². The predicted molar refractivity (Wildman–Crippen MR) is 346 cm³/mol. The molecular formula is C64H152N14+8. The van der Waals surface area contributed by atoms with Gasteiger partial charge in [-0.25, -0.2) is 0 Å². The summed E-state index contributed by atoms with van der Waals surface area (Å²) in [4.78, 5) is 17.1. The molecule has 470 valence electrons. The first-order valence-corrected chi connectivity index (χ1v) is 32.5. The monoisotopic (exact) mass is 1120 g/mol. The zero-order valence-corrected chi connectivity index (χ0v) is 58.5. The smallest absolute Gasteiger partial charge is 0.0792 e. The summed E-state index contributed by atoms with van der Waals surface area (Å²) in [7, 11) is 56.4. The van der Waals surface area contributed by atoms with E-state index in [0.29, 0.717) is 0 Å². The molecule has 0 aromatic carbocycles. The molecule has 0 aromatic rings. The minimum Gasteiger partial charge on any atom is -0.331 e. The minimum atomic E-state index is 1.05. The molecule has 0 heterocycles. The van der Waals surface area contributed by atoms with Crippen LogP contribution in [0.1, 0.15) is 89.9 Å². The number of unbranched alkanes of at least 4 members (excludes halogenated alkanes) is 1. The van der Waals surface area contributed by atoms with Gasteiger partial charge in [-0.1, -0.05) is 0 Å². The van der Waals surface area contributed by atoms with Gasteiger partial charge in [-0.15, -0.1) is 0 Å². The number of hydrogen-bond acceptors (Lipinski definition) is 6. The van der Waals surface area contributed by atoms with Crippen LogP contribution in [0.2, 0.25) is 0 Å². The van der Waals surface area contributed by atoms with E-state index in [1.807, 2.05) is 0 Å².